The molecule has 4 atom stereocenters. The van der Waals surface area contributed by atoms with Crippen molar-refractivity contribution in [2.45, 2.75) is 77.2 Å². The zero-order valence-corrected chi connectivity index (χ0v) is 19.6. The number of ether oxygens (including phenoxy) is 1. The first-order valence-corrected chi connectivity index (χ1v) is 11.4. The van der Waals surface area contributed by atoms with Crippen LogP contribution < -0.4 is 11.1 Å². The van der Waals surface area contributed by atoms with Gasteiger partial charge in [-0.2, -0.15) is 0 Å². The van der Waals surface area contributed by atoms with Crippen molar-refractivity contribution in [1.82, 2.24) is 10.2 Å². The van der Waals surface area contributed by atoms with Gasteiger partial charge in [-0.05, 0) is 76.6 Å². The highest BCUT2D eigenvalue weighted by Crippen LogP contribution is 2.43. The molecule has 1 saturated carbocycles. The van der Waals surface area contributed by atoms with Gasteiger partial charge in [-0.15, -0.1) is 0 Å². The Morgan fingerprint density at radius 3 is 2.67 bits per heavy atom. The number of hydrogen-bond donors (Lipinski definition) is 2. The van der Waals surface area contributed by atoms with Gasteiger partial charge in [-0.1, -0.05) is 12.1 Å². The number of likely N-dealkylation sites (tertiary alicyclic amines) is 1. The van der Waals surface area contributed by atoms with E-state index in [1.165, 1.54) is 6.07 Å². The first-order chi connectivity index (χ1) is 15.5. The van der Waals surface area contributed by atoms with Crippen LogP contribution in [0.3, 0.4) is 0 Å². The molecule has 7 nitrogen and oxygen atoms in total. The molecule has 2 fully saturated rings. The van der Waals surface area contributed by atoms with Gasteiger partial charge in [-0.25, -0.2) is 9.18 Å². The minimum atomic E-state index is -0.789. The number of nitrogens with one attached hydrogen (secondary N) is 1. The van der Waals surface area contributed by atoms with Crippen molar-refractivity contribution in [2.24, 2.45) is 11.7 Å². The van der Waals surface area contributed by atoms with Crippen molar-refractivity contribution in [3.63, 3.8) is 0 Å². The number of fused-ring (bicyclic) bond motifs is 2. The second kappa shape index (κ2) is 8.82. The van der Waals surface area contributed by atoms with E-state index in [1.54, 1.807) is 43.9 Å². The van der Waals surface area contributed by atoms with Crippen molar-refractivity contribution in [3.05, 3.63) is 47.5 Å². The van der Waals surface area contributed by atoms with Gasteiger partial charge in [0.25, 0.3) is 0 Å². The smallest absolute Gasteiger partial charge is 0.411 e. The van der Waals surface area contributed by atoms with Crippen LogP contribution in [0.25, 0.3) is 11.3 Å². The number of benzene rings is 1. The highest BCUT2D eigenvalue weighted by atomic mass is 19.1. The molecule has 1 aliphatic carbocycles. The molecule has 2 aliphatic rings. The van der Waals surface area contributed by atoms with E-state index in [0.29, 0.717) is 16.9 Å². The number of furan rings is 1. The highest BCUT2D eigenvalue weighted by molar-refractivity contribution is 5.87. The maximum Gasteiger partial charge on any atom is 0.411 e. The second-order valence-corrected chi connectivity index (χ2v) is 10.1. The van der Waals surface area contributed by atoms with Crippen molar-refractivity contribution in [2.75, 3.05) is 0 Å². The second-order valence-electron chi connectivity index (χ2n) is 10.1. The normalized spacial score (nSPS) is 23.0. The fourth-order valence-electron chi connectivity index (χ4n) is 4.91. The van der Waals surface area contributed by atoms with Crippen LogP contribution in [0.5, 0.6) is 0 Å². The molecule has 2 aromatic rings. The molecule has 1 aromatic carbocycles. The van der Waals surface area contributed by atoms with Crippen LogP contribution in [0.2, 0.25) is 0 Å². The number of carbonyl (C=O) groups is 2. The first kappa shape index (κ1) is 23.3. The number of piperidine rings is 1. The molecule has 1 aromatic heterocycles. The molecule has 3 N–H and O–H groups in total. The molecule has 33 heavy (non-hydrogen) atoms. The minimum absolute atomic E-state index is 0.00653. The van der Waals surface area contributed by atoms with Crippen LogP contribution in [-0.2, 0) is 16.0 Å². The Balaban J connectivity index is 1.41. The number of hydrogen-bond acceptors (Lipinski definition) is 5. The zero-order chi connectivity index (χ0) is 23.9. The fraction of sp³-hybridized carbons (Fsp3) is 0.520. The lowest BCUT2D eigenvalue weighted by Crippen LogP contribution is -2.57. The van der Waals surface area contributed by atoms with E-state index >= 15 is 0 Å². The van der Waals surface area contributed by atoms with E-state index in [4.69, 9.17) is 14.9 Å². The maximum absolute atomic E-state index is 14.7. The number of carbonyl (C=O) groups excluding carboxylic acids is 2. The Bertz CT molecular complexity index is 1040. The summed E-state index contributed by atoms with van der Waals surface area (Å²) in [5.41, 5.74) is 6.55. The molecular weight excluding hydrogens is 425 g/mol. The SMILES string of the molecule is Cc1ccc(-c2ccc(CC(N)NC(=O)C3C4CCC(C4)N3C(=O)OC(C)(C)C)c(F)c2)o1. The molecule has 1 aliphatic heterocycles. The summed E-state index contributed by atoms with van der Waals surface area (Å²) in [5, 5.41) is 2.78. The molecular formula is C25H32FN3O4. The summed E-state index contributed by atoms with van der Waals surface area (Å²) < 4.78 is 25.8. The Morgan fingerprint density at radius 1 is 1.27 bits per heavy atom. The van der Waals surface area contributed by atoms with Crippen molar-refractivity contribution >= 4 is 12.0 Å². The van der Waals surface area contributed by atoms with Gasteiger partial charge < -0.3 is 20.2 Å². The quantitative estimate of drug-likeness (QED) is 0.658. The third-order valence-electron chi connectivity index (χ3n) is 6.30. The van der Waals surface area contributed by atoms with Crippen LogP contribution in [0.15, 0.2) is 34.7 Å². The summed E-state index contributed by atoms with van der Waals surface area (Å²) in [5.74, 6) is 0.696. The van der Waals surface area contributed by atoms with Gasteiger partial charge in [0.2, 0.25) is 5.91 Å². The molecule has 4 unspecified atom stereocenters. The summed E-state index contributed by atoms with van der Waals surface area (Å²) in [6.07, 6.45) is 1.41. The van der Waals surface area contributed by atoms with Crippen LogP contribution in [0.1, 0.15) is 51.4 Å². The lowest BCUT2D eigenvalue weighted by atomic mass is 9.97. The van der Waals surface area contributed by atoms with E-state index < -0.39 is 29.7 Å². The molecule has 0 radical (unpaired) electrons. The van der Waals surface area contributed by atoms with Crippen molar-refractivity contribution in [1.29, 1.82) is 0 Å². The summed E-state index contributed by atoms with van der Waals surface area (Å²) in [6.45, 7) is 7.24. The predicted molar refractivity (Wildman–Crippen MR) is 122 cm³/mol. The zero-order valence-electron chi connectivity index (χ0n) is 19.6. The van der Waals surface area contributed by atoms with Gasteiger partial charge >= 0.3 is 6.09 Å². The topological polar surface area (TPSA) is 97.8 Å². The van der Waals surface area contributed by atoms with E-state index in [9.17, 15) is 14.0 Å². The monoisotopic (exact) mass is 457 g/mol. The Morgan fingerprint density at radius 2 is 2.03 bits per heavy atom. The maximum atomic E-state index is 14.7. The van der Waals surface area contributed by atoms with E-state index in [0.717, 1.165) is 25.0 Å². The first-order valence-electron chi connectivity index (χ1n) is 11.4. The van der Waals surface area contributed by atoms with Crippen LogP contribution >= 0.6 is 0 Å². The van der Waals surface area contributed by atoms with Crippen LogP contribution in [-0.4, -0.2) is 40.8 Å². The van der Waals surface area contributed by atoms with Crippen LogP contribution in [0.4, 0.5) is 9.18 Å². The number of aryl methyl sites for hydroxylation is 1. The predicted octanol–water partition coefficient (Wildman–Crippen LogP) is 4.13. The molecule has 178 valence electrons. The molecule has 8 heteroatoms. The van der Waals surface area contributed by atoms with Crippen molar-refractivity contribution in [3.8, 4) is 11.3 Å². The average Bonchev–Trinajstić information content (AvgIpc) is 3.43. The average molecular weight is 458 g/mol. The number of nitrogens with zero attached hydrogens (tertiary/aromatic N) is 1. The molecule has 2 bridgehead atoms. The van der Waals surface area contributed by atoms with Gasteiger partial charge in [0, 0.05) is 18.0 Å². The number of rotatable bonds is 5. The molecule has 2 amide bonds. The summed E-state index contributed by atoms with van der Waals surface area (Å²) >= 11 is 0. The Labute approximate surface area is 193 Å². The lowest BCUT2D eigenvalue weighted by molar-refractivity contribution is -0.128. The number of amides is 2. The number of halogens is 1. The van der Waals surface area contributed by atoms with Crippen molar-refractivity contribution < 1.29 is 23.1 Å². The standard InChI is InChI=1S/C25H32FN3O4/c1-14-5-10-20(32-14)16-7-6-15(19(26)12-16)13-21(27)28-23(30)22-17-8-9-18(11-17)29(22)24(31)33-25(2,3)4/h5-7,10,12,17-18,21-22H,8-9,11,13,27H2,1-4H3,(H,28,30). The summed E-state index contributed by atoms with van der Waals surface area (Å²) in [6, 6.07) is 7.84. The molecule has 4 rings (SSSR count). The third-order valence-corrected chi connectivity index (χ3v) is 6.30. The summed E-state index contributed by atoms with van der Waals surface area (Å²) in [4.78, 5) is 27.4. The van der Waals surface area contributed by atoms with Gasteiger partial charge in [0.1, 0.15) is 29.0 Å². The van der Waals surface area contributed by atoms with E-state index in [2.05, 4.69) is 5.32 Å². The highest BCUT2D eigenvalue weighted by Gasteiger charge is 2.52. The lowest BCUT2D eigenvalue weighted by Gasteiger charge is -2.36. The minimum Gasteiger partial charge on any atom is -0.461 e. The Kier molecular flexibility index (Phi) is 6.22. The third kappa shape index (κ3) is 5.05. The number of nitrogens with two attached hydrogens (primary N) is 1. The fourth-order valence-corrected chi connectivity index (χ4v) is 4.91. The van der Waals surface area contributed by atoms with E-state index in [-0.39, 0.29) is 24.3 Å². The Hall–Kier alpha value is -2.87. The van der Waals surface area contributed by atoms with Gasteiger partial charge in [0.05, 0.1) is 6.17 Å². The summed E-state index contributed by atoms with van der Waals surface area (Å²) in [7, 11) is 0. The molecule has 0 spiro atoms. The van der Waals surface area contributed by atoms with E-state index in [1.807, 2.05) is 13.0 Å². The van der Waals surface area contributed by atoms with Crippen LogP contribution in [0, 0.1) is 18.7 Å². The molecule has 2 heterocycles. The van der Waals surface area contributed by atoms with Gasteiger partial charge in [0.15, 0.2) is 0 Å². The molecule has 1 saturated heterocycles. The van der Waals surface area contributed by atoms with Gasteiger partial charge in [-0.3, -0.25) is 9.69 Å². The largest absolute Gasteiger partial charge is 0.461 e.